The second-order valence-electron chi connectivity index (χ2n) is 4.76. The number of hydrogen-bond donors (Lipinski definition) is 1. The molecule has 0 radical (unpaired) electrons. The Morgan fingerprint density at radius 3 is 2.89 bits per heavy atom. The van der Waals surface area contributed by atoms with E-state index in [0.717, 1.165) is 28.5 Å². The normalized spacial score (nSPS) is 15.3. The third kappa shape index (κ3) is 3.42. The van der Waals surface area contributed by atoms with E-state index in [1.54, 1.807) is 0 Å². The fraction of sp³-hybridized carbons (Fsp3) is 0.571. The first-order valence-corrected chi connectivity index (χ1v) is 7.38. The molecule has 98 valence electrons. The average molecular weight is 264 g/mol. The molecule has 1 heterocycles. The van der Waals surface area contributed by atoms with Crippen LogP contribution in [0.25, 0.3) is 0 Å². The summed E-state index contributed by atoms with van der Waals surface area (Å²) in [5.74, 6) is 0.0227. The average Bonchev–Trinajstić information content (AvgIpc) is 2.70. The Labute approximate surface area is 112 Å². The number of nitrogens with zero attached hydrogens (tertiary/aromatic N) is 1. The maximum absolute atomic E-state index is 12.0. The molecule has 0 atom stereocenters. The number of rotatable bonds is 4. The van der Waals surface area contributed by atoms with E-state index in [4.69, 9.17) is 0 Å². The molecule has 0 saturated heterocycles. The summed E-state index contributed by atoms with van der Waals surface area (Å²) < 4.78 is 0. The maximum atomic E-state index is 12.0. The fourth-order valence-electron chi connectivity index (χ4n) is 2.29. The molecule has 0 aromatic carbocycles. The molecule has 0 aliphatic heterocycles. The Balaban J connectivity index is 1.81. The summed E-state index contributed by atoms with van der Waals surface area (Å²) >= 11 is 1.47. The van der Waals surface area contributed by atoms with Crippen molar-refractivity contribution in [2.75, 3.05) is 6.54 Å². The number of nitrogens with one attached hydrogen (secondary N) is 1. The molecule has 0 unspecified atom stereocenters. The standard InChI is InChI=1S/C14H20N2OS/c1-10-13(18-11(2)16-10)14(17)15-9-8-12-6-4-3-5-7-12/h6H,3-5,7-9H2,1-2H3,(H,15,17). The molecule has 3 nitrogen and oxygen atoms in total. The molecular weight excluding hydrogens is 244 g/mol. The van der Waals surface area contributed by atoms with Crippen molar-refractivity contribution in [1.29, 1.82) is 0 Å². The van der Waals surface area contributed by atoms with Crippen LogP contribution in [0.4, 0.5) is 0 Å². The van der Waals surface area contributed by atoms with Crippen LogP contribution in [-0.2, 0) is 0 Å². The van der Waals surface area contributed by atoms with Crippen molar-refractivity contribution in [2.45, 2.75) is 46.0 Å². The first-order chi connectivity index (χ1) is 8.66. The van der Waals surface area contributed by atoms with Gasteiger partial charge in [0.15, 0.2) is 0 Å². The maximum Gasteiger partial charge on any atom is 0.263 e. The first-order valence-electron chi connectivity index (χ1n) is 6.57. The fourth-order valence-corrected chi connectivity index (χ4v) is 3.13. The van der Waals surface area contributed by atoms with Crippen LogP contribution >= 0.6 is 11.3 Å². The van der Waals surface area contributed by atoms with E-state index in [1.807, 2.05) is 13.8 Å². The minimum atomic E-state index is 0.0227. The molecule has 0 saturated carbocycles. The number of amides is 1. The van der Waals surface area contributed by atoms with E-state index in [2.05, 4.69) is 16.4 Å². The van der Waals surface area contributed by atoms with Crippen LogP contribution in [0.2, 0.25) is 0 Å². The van der Waals surface area contributed by atoms with Crippen molar-refractivity contribution in [1.82, 2.24) is 10.3 Å². The number of carbonyl (C=O) groups excluding carboxylic acids is 1. The number of allylic oxidation sites excluding steroid dienone is 1. The smallest absolute Gasteiger partial charge is 0.263 e. The van der Waals surface area contributed by atoms with E-state index in [-0.39, 0.29) is 5.91 Å². The lowest BCUT2D eigenvalue weighted by atomic mass is 9.97. The Morgan fingerprint density at radius 2 is 2.28 bits per heavy atom. The molecule has 0 bridgehead atoms. The van der Waals surface area contributed by atoms with E-state index in [0.29, 0.717) is 0 Å². The van der Waals surface area contributed by atoms with Crippen LogP contribution < -0.4 is 5.32 Å². The van der Waals surface area contributed by atoms with Crippen molar-refractivity contribution in [3.05, 3.63) is 27.2 Å². The molecule has 4 heteroatoms. The highest BCUT2D eigenvalue weighted by molar-refractivity contribution is 7.13. The SMILES string of the molecule is Cc1nc(C)c(C(=O)NCCC2=CCCCC2)s1. The zero-order valence-corrected chi connectivity index (χ0v) is 11.9. The third-order valence-electron chi connectivity index (χ3n) is 3.23. The minimum absolute atomic E-state index is 0.0227. The van der Waals surface area contributed by atoms with Crippen LogP contribution in [0.1, 0.15) is 52.5 Å². The third-order valence-corrected chi connectivity index (χ3v) is 4.30. The summed E-state index contributed by atoms with van der Waals surface area (Å²) in [5, 5.41) is 3.94. The molecule has 2 rings (SSSR count). The Bertz CT molecular complexity index is 462. The lowest BCUT2D eigenvalue weighted by Crippen LogP contribution is -2.24. The van der Waals surface area contributed by atoms with Crippen LogP contribution in [0.3, 0.4) is 0 Å². The van der Waals surface area contributed by atoms with Gasteiger partial charge in [-0.25, -0.2) is 4.98 Å². The van der Waals surface area contributed by atoms with Gasteiger partial charge in [0.05, 0.1) is 10.7 Å². The summed E-state index contributed by atoms with van der Waals surface area (Å²) in [6.45, 7) is 4.56. The molecule has 0 fully saturated rings. The van der Waals surface area contributed by atoms with E-state index in [1.165, 1.54) is 42.6 Å². The number of aryl methyl sites for hydroxylation is 2. The van der Waals surface area contributed by atoms with Gasteiger partial charge < -0.3 is 5.32 Å². The van der Waals surface area contributed by atoms with E-state index in [9.17, 15) is 4.79 Å². The molecule has 1 aromatic rings. The molecule has 1 N–H and O–H groups in total. The van der Waals surface area contributed by atoms with Gasteiger partial charge >= 0.3 is 0 Å². The summed E-state index contributed by atoms with van der Waals surface area (Å²) in [5.41, 5.74) is 2.34. The zero-order valence-electron chi connectivity index (χ0n) is 11.1. The van der Waals surface area contributed by atoms with Gasteiger partial charge in [0.1, 0.15) is 4.88 Å². The quantitative estimate of drug-likeness (QED) is 0.847. The highest BCUT2D eigenvalue weighted by Gasteiger charge is 2.13. The van der Waals surface area contributed by atoms with E-state index < -0.39 is 0 Å². The van der Waals surface area contributed by atoms with Gasteiger partial charge in [0, 0.05) is 6.54 Å². The summed E-state index contributed by atoms with van der Waals surface area (Å²) in [7, 11) is 0. The topological polar surface area (TPSA) is 42.0 Å². The molecular formula is C14H20N2OS. The molecule has 1 amide bonds. The highest BCUT2D eigenvalue weighted by Crippen LogP contribution is 2.20. The number of aromatic nitrogens is 1. The van der Waals surface area contributed by atoms with Crippen LogP contribution in [0.5, 0.6) is 0 Å². The van der Waals surface area contributed by atoms with Crippen molar-refractivity contribution in [3.63, 3.8) is 0 Å². The number of thiazole rings is 1. The van der Waals surface area contributed by atoms with Crippen LogP contribution in [0.15, 0.2) is 11.6 Å². The second kappa shape index (κ2) is 6.14. The molecule has 18 heavy (non-hydrogen) atoms. The first kappa shape index (κ1) is 13.3. The Hall–Kier alpha value is -1.16. The van der Waals surface area contributed by atoms with Gasteiger partial charge in [0.25, 0.3) is 5.91 Å². The van der Waals surface area contributed by atoms with Crippen molar-refractivity contribution in [2.24, 2.45) is 0 Å². The van der Waals surface area contributed by atoms with Gasteiger partial charge in [-0.15, -0.1) is 11.3 Å². The van der Waals surface area contributed by atoms with Gasteiger partial charge in [-0.3, -0.25) is 4.79 Å². The minimum Gasteiger partial charge on any atom is -0.351 e. The second-order valence-corrected chi connectivity index (χ2v) is 5.96. The highest BCUT2D eigenvalue weighted by atomic mass is 32.1. The lowest BCUT2D eigenvalue weighted by Gasteiger charge is -2.12. The Morgan fingerprint density at radius 1 is 1.44 bits per heavy atom. The number of carbonyl (C=O) groups is 1. The number of hydrogen-bond acceptors (Lipinski definition) is 3. The zero-order chi connectivity index (χ0) is 13.0. The predicted molar refractivity (Wildman–Crippen MR) is 75.1 cm³/mol. The molecule has 1 aromatic heterocycles. The van der Waals surface area contributed by atoms with Crippen molar-refractivity contribution < 1.29 is 4.79 Å². The molecule has 0 spiro atoms. The van der Waals surface area contributed by atoms with Gasteiger partial charge in [-0.05, 0) is 46.0 Å². The van der Waals surface area contributed by atoms with Crippen LogP contribution in [0, 0.1) is 13.8 Å². The van der Waals surface area contributed by atoms with Gasteiger partial charge in [-0.1, -0.05) is 11.6 Å². The monoisotopic (exact) mass is 264 g/mol. The largest absolute Gasteiger partial charge is 0.351 e. The summed E-state index contributed by atoms with van der Waals surface area (Å²) in [6.07, 6.45) is 8.34. The molecule has 1 aliphatic rings. The molecule has 1 aliphatic carbocycles. The van der Waals surface area contributed by atoms with E-state index >= 15 is 0 Å². The van der Waals surface area contributed by atoms with Crippen molar-refractivity contribution in [3.8, 4) is 0 Å². The van der Waals surface area contributed by atoms with Crippen molar-refractivity contribution >= 4 is 17.2 Å². The predicted octanol–water partition coefficient (Wildman–Crippen LogP) is 3.38. The lowest BCUT2D eigenvalue weighted by molar-refractivity contribution is 0.0957. The summed E-state index contributed by atoms with van der Waals surface area (Å²) in [6, 6.07) is 0. The van der Waals surface area contributed by atoms with Gasteiger partial charge in [-0.2, -0.15) is 0 Å². The Kier molecular flexibility index (Phi) is 4.53. The van der Waals surface area contributed by atoms with Crippen LogP contribution in [-0.4, -0.2) is 17.4 Å². The summed E-state index contributed by atoms with van der Waals surface area (Å²) in [4.78, 5) is 17.0. The van der Waals surface area contributed by atoms with Gasteiger partial charge in [0.2, 0.25) is 0 Å².